The van der Waals surface area contributed by atoms with Crippen molar-refractivity contribution >= 4 is 27.3 Å². The van der Waals surface area contributed by atoms with Gasteiger partial charge in [0, 0.05) is 24.3 Å². The van der Waals surface area contributed by atoms with E-state index in [9.17, 15) is 18.0 Å². The van der Waals surface area contributed by atoms with Gasteiger partial charge in [-0.2, -0.15) is 0 Å². The van der Waals surface area contributed by atoms with E-state index < -0.39 is 9.84 Å². The van der Waals surface area contributed by atoms with Gasteiger partial charge in [0.1, 0.15) is 0 Å². The molecule has 0 bridgehead atoms. The lowest BCUT2D eigenvalue weighted by atomic mass is 10.1. The van der Waals surface area contributed by atoms with Gasteiger partial charge in [0.05, 0.1) is 17.1 Å². The van der Waals surface area contributed by atoms with Crippen molar-refractivity contribution in [3.63, 3.8) is 0 Å². The first kappa shape index (κ1) is 23.0. The number of sulfone groups is 1. The van der Waals surface area contributed by atoms with Crippen LogP contribution in [0.1, 0.15) is 49.0 Å². The van der Waals surface area contributed by atoms with E-state index in [-0.39, 0.29) is 28.9 Å². The third kappa shape index (κ3) is 6.40. The van der Waals surface area contributed by atoms with E-state index in [0.29, 0.717) is 17.2 Å². The van der Waals surface area contributed by atoms with Gasteiger partial charge in [0.2, 0.25) is 5.91 Å². The molecule has 0 aromatic heterocycles. The molecule has 0 saturated heterocycles. The van der Waals surface area contributed by atoms with Gasteiger partial charge >= 0.3 is 0 Å². The average Bonchev–Trinajstić information content (AvgIpc) is 3.58. The molecule has 1 fully saturated rings. The number of anilines is 1. The summed E-state index contributed by atoms with van der Waals surface area (Å²) in [6, 6.07) is 13.4. The van der Waals surface area contributed by atoms with Gasteiger partial charge in [-0.05, 0) is 67.1 Å². The molecule has 0 radical (unpaired) electrons. The number of nitrogens with one attached hydrogen (secondary N) is 1. The van der Waals surface area contributed by atoms with E-state index >= 15 is 0 Å². The van der Waals surface area contributed by atoms with Crippen molar-refractivity contribution in [3.8, 4) is 0 Å². The summed E-state index contributed by atoms with van der Waals surface area (Å²) in [6.07, 6.45) is 3.47. The topological polar surface area (TPSA) is 83.6 Å². The molecule has 6 nitrogen and oxygen atoms in total. The molecule has 0 spiro atoms. The second-order valence-corrected chi connectivity index (χ2v) is 10.3. The van der Waals surface area contributed by atoms with Crippen molar-refractivity contribution in [2.75, 3.05) is 24.2 Å². The van der Waals surface area contributed by atoms with Crippen LogP contribution in [0.4, 0.5) is 5.69 Å². The smallest absolute Gasteiger partial charge is 0.253 e. The first-order valence-corrected chi connectivity index (χ1v) is 12.5. The van der Waals surface area contributed by atoms with Gasteiger partial charge < -0.3 is 10.2 Å². The third-order valence-corrected chi connectivity index (χ3v) is 7.15. The predicted molar refractivity (Wildman–Crippen MR) is 122 cm³/mol. The van der Waals surface area contributed by atoms with Crippen LogP contribution in [-0.2, 0) is 21.1 Å². The van der Waals surface area contributed by atoms with Crippen molar-refractivity contribution in [1.29, 1.82) is 0 Å². The number of amides is 2. The third-order valence-electron chi connectivity index (χ3n) is 5.40. The fourth-order valence-corrected chi connectivity index (χ4v) is 4.29. The normalized spacial score (nSPS) is 13.6. The average molecular weight is 443 g/mol. The van der Waals surface area contributed by atoms with Crippen molar-refractivity contribution in [3.05, 3.63) is 59.7 Å². The highest BCUT2D eigenvalue weighted by Crippen LogP contribution is 2.30. The molecule has 1 aliphatic rings. The van der Waals surface area contributed by atoms with Gasteiger partial charge in [-0.25, -0.2) is 8.42 Å². The number of carbonyl (C=O) groups excluding carboxylic acids is 2. The van der Waals surface area contributed by atoms with Gasteiger partial charge in [0.15, 0.2) is 9.84 Å². The van der Waals surface area contributed by atoms with Gasteiger partial charge in [0.25, 0.3) is 5.91 Å². The summed E-state index contributed by atoms with van der Waals surface area (Å²) in [6.45, 7) is 5.25. The van der Waals surface area contributed by atoms with Crippen molar-refractivity contribution in [2.45, 2.75) is 44.4 Å². The van der Waals surface area contributed by atoms with Crippen molar-refractivity contribution in [1.82, 2.24) is 4.90 Å². The molecule has 1 aliphatic carbocycles. The summed E-state index contributed by atoms with van der Waals surface area (Å²) >= 11 is 0. The second kappa shape index (κ2) is 10.1. The first-order chi connectivity index (χ1) is 14.8. The Kier molecular flexibility index (Phi) is 7.49. The molecule has 7 heteroatoms. The first-order valence-electron chi connectivity index (χ1n) is 10.8. The lowest BCUT2D eigenvalue weighted by Crippen LogP contribution is -2.33. The predicted octanol–water partition coefficient (Wildman–Crippen LogP) is 3.92. The number of nitrogens with zero attached hydrogens (tertiary/aromatic N) is 1. The van der Waals surface area contributed by atoms with Crippen LogP contribution in [0.3, 0.4) is 0 Å². The molecular weight excluding hydrogens is 412 g/mol. The lowest BCUT2D eigenvalue weighted by Gasteiger charge is -2.22. The van der Waals surface area contributed by atoms with E-state index in [0.717, 1.165) is 25.1 Å². The van der Waals surface area contributed by atoms with Crippen LogP contribution in [0.5, 0.6) is 0 Å². The maximum Gasteiger partial charge on any atom is 0.253 e. The quantitative estimate of drug-likeness (QED) is 0.604. The summed E-state index contributed by atoms with van der Waals surface area (Å²) in [4.78, 5) is 27.3. The van der Waals surface area contributed by atoms with Crippen molar-refractivity contribution in [2.24, 2.45) is 5.92 Å². The molecular formula is C24H30N2O4S. The van der Waals surface area contributed by atoms with Crippen LogP contribution in [-0.4, -0.2) is 44.0 Å². The Hall–Kier alpha value is -2.67. The fraction of sp³-hybridized carbons (Fsp3) is 0.417. The van der Waals surface area contributed by atoms with E-state index in [1.807, 2.05) is 4.90 Å². The van der Waals surface area contributed by atoms with E-state index in [1.165, 1.54) is 25.0 Å². The molecule has 1 N–H and O–H groups in total. The number of carbonyl (C=O) groups is 2. The molecule has 2 aromatic rings. The highest BCUT2D eigenvalue weighted by Gasteiger charge is 2.26. The lowest BCUT2D eigenvalue weighted by molar-refractivity contribution is -0.115. The van der Waals surface area contributed by atoms with E-state index in [1.54, 1.807) is 43.3 Å². The zero-order valence-electron chi connectivity index (χ0n) is 18.1. The minimum absolute atomic E-state index is 0.0359. The molecule has 0 atom stereocenters. The summed E-state index contributed by atoms with van der Waals surface area (Å²) in [5, 5.41) is 2.83. The number of hydrogen-bond donors (Lipinski definition) is 1. The standard InChI is InChI=1S/C24H30N2O4S/c1-3-15-26(17-19-5-6-19)24(28)20-9-11-21(12-10-20)25-23(27)16-18-7-13-22(14-8-18)31(29,30)4-2/h7-14,19H,3-6,15-17H2,1-2H3,(H,25,27). The fourth-order valence-electron chi connectivity index (χ4n) is 3.41. The van der Waals surface area contributed by atoms with E-state index in [4.69, 9.17) is 0 Å². The summed E-state index contributed by atoms with van der Waals surface area (Å²) in [7, 11) is -3.25. The van der Waals surface area contributed by atoms with Gasteiger partial charge in [-0.3, -0.25) is 9.59 Å². The monoisotopic (exact) mass is 442 g/mol. The van der Waals surface area contributed by atoms with Crippen molar-refractivity contribution < 1.29 is 18.0 Å². The highest BCUT2D eigenvalue weighted by atomic mass is 32.2. The summed E-state index contributed by atoms with van der Waals surface area (Å²) in [5.74, 6) is 0.521. The Morgan fingerprint density at radius 1 is 1.00 bits per heavy atom. The van der Waals surface area contributed by atoms with Crippen LogP contribution < -0.4 is 5.32 Å². The van der Waals surface area contributed by atoms with Gasteiger partial charge in [-0.1, -0.05) is 26.0 Å². The molecule has 2 amide bonds. The van der Waals surface area contributed by atoms with Crippen LogP contribution in [0.15, 0.2) is 53.4 Å². The van der Waals surface area contributed by atoms with Gasteiger partial charge in [-0.15, -0.1) is 0 Å². The molecule has 0 heterocycles. The van der Waals surface area contributed by atoms with Crippen LogP contribution in [0.25, 0.3) is 0 Å². The Morgan fingerprint density at radius 3 is 2.19 bits per heavy atom. The number of benzene rings is 2. The molecule has 31 heavy (non-hydrogen) atoms. The van der Waals surface area contributed by atoms with Crippen LogP contribution in [0, 0.1) is 5.92 Å². The molecule has 3 rings (SSSR count). The molecule has 0 unspecified atom stereocenters. The van der Waals surface area contributed by atoms with Crippen LogP contribution >= 0.6 is 0 Å². The van der Waals surface area contributed by atoms with E-state index in [2.05, 4.69) is 12.2 Å². The maximum atomic E-state index is 12.8. The summed E-state index contributed by atoms with van der Waals surface area (Å²) < 4.78 is 23.8. The maximum absolute atomic E-state index is 12.8. The number of hydrogen-bond acceptors (Lipinski definition) is 4. The second-order valence-electron chi connectivity index (χ2n) is 8.04. The molecule has 166 valence electrons. The molecule has 0 aliphatic heterocycles. The Labute approximate surface area is 184 Å². The zero-order valence-corrected chi connectivity index (χ0v) is 19.0. The minimum Gasteiger partial charge on any atom is -0.338 e. The van der Waals surface area contributed by atoms with Crippen LogP contribution in [0.2, 0.25) is 0 Å². The summed E-state index contributed by atoms with van der Waals surface area (Å²) in [5.41, 5.74) is 1.98. The zero-order chi connectivity index (χ0) is 22.4. The Morgan fingerprint density at radius 2 is 1.65 bits per heavy atom. The highest BCUT2D eigenvalue weighted by molar-refractivity contribution is 7.91. The molecule has 2 aromatic carbocycles. The largest absolute Gasteiger partial charge is 0.338 e. The SMILES string of the molecule is CCCN(CC1CC1)C(=O)c1ccc(NC(=O)Cc2ccc(S(=O)(=O)CC)cc2)cc1. The Balaban J connectivity index is 1.57. The Bertz CT molecular complexity index is 1010. The minimum atomic E-state index is -3.25. The molecule has 1 saturated carbocycles. The number of rotatable bonds is 10.